The summed E-state index contributed by atoms with van der Waals surface area (Å²) in [5.41, 5.74) is 0. The molecule has 0 aromatic carbocycles. The lowest BCUT2D eigenvalue weighted by atomic mass is 10.2. The number of hydrogen-bond donors (Lipinski definition) is 2. The number of amides is 1. The van der Waals surface area contributed by atoms with Gasteiger partial charge in [0.25, 0.3) is 5.91 Å². The molecule has 0 rings (SSSR count). The summed E-state index contributed by atoms with van der Waals surface area (Å²) < 4.78 is 12.5. The maximum Gasteiger partial charge on any atom is 0.277 e. The quantitative estimate of drug-likeness (QED) is 0.353. The van der Waals surface area contributed by atoms with E-state index in [-0.39, 0.29) is 25.8 Å². The van der Waals surface area contributed by atoms with Gasteiger partial charge in [0.15, 0.2) is 6.54 Å². The fourth-order valence-electron chi connectivity index (χ4n) is 2.64. The van der Waals surface area contributed by atoms with Gasteiger partial charge in [-0.1, -0.05) is 26.2 Å². The molecule has 2 N–H and O–H groups in total. The Kier molecular flexibility index (Phi) is 13.3. The molecule has 0 bridgehead atoms. The summed E-state index contributed by atoms with van der Waals surface area (Å²) in [6.45, 7) is 4.52. The van der Waals surface area contributed by atoms with Crippen molar-refractivity contribution in [3.63, 3.8) is 0 Å². The van der Waals surface area contributed by atoms with Gasteiger partial charge in [0.2, 0.25) is 0 Å². The van der Waals surface area contributed by atoms with E-state index in [0.717, 1.165) is 38.6 Å². The zero-order valence-corrected chi connectivity index (χ0v) is 15.0. The molecule has 0 aromatic heterocycles. The Labute approximate surface area is 140 Å². The van der Waals surface area contributed by atoms with Crippen LogP contribution in [0.5, 0.6) is 0 Å². The predicted octanol–water partition coefficient (Wildman–Crippen LogP) is 1.58. The second-order valence-electron chi connectivity index (χ2n) is 6.51. The van der Waals surface area contributed by atoms with Crippen LogP contribution < -0.4 is 0 Å². The van der Waals surface area contributed by atoms with Crippen molar-refractivity contribution in [2.24, 2.45) is 0 Å². The molecular formula is C17H36FN2O3+. The molecule has 0 aliphatic carbocycles. The van der Waals surface area contributed by atoms with Gasteiger partial charge in [0.05, 0.1) is 26.9 Å². The minimum absolute atomic E-state index is 0.00196. The third kappa shape index (κ3) is 10.6. The summed E-state index contributed by atoms with van der Waals surface area (Å²) in [6.07, 6.45) is 5.32. The van der Waals surface area contributed by atoms with Gasteiger partial charge in [-0.3, -0.25) is 9.18 Å². The molecule has 138 valence electrons. The van der Waals surface area contributed by atoms with Gasteiger partial charge in [-0.15, -0.1) is 0 Å². The first-order valence-electron chi connectivity index (χ1n) is 8.92. The Morgan fingerprint density at radius 2 is 1.57 bits per heavy atom. The number of hydrogen-bond acceptors (Lipinski definition) is 3. The molecule has 0 aliphatic rings. The van der Waals surface area contributed by atoms with Crippen LogP contribution in [0.4, 0.5) is 4.39 Å². The lowest BCUT2D eigenvalue weighted by Gasteiger charge is -2.35. The smallest absolute Gasteiger partial charge is 0.277 e. The van der Waals surface area contributed by atoms with Crippen LogP contribution >= 0.6 is 0 Å². The lowest BCUT2D eigenvalue weighted by molar-refractivity contribution is -0.902. The van der Waals surface area contributed by atoms with Gasteiger partial charge >= 0.3 is 0 Å². The fourth-order valence-corrected chi connectivity index (χ4v) is 2.64. The first-order valence-corrected chi connectivity index (χ1v) is 8.92. The van der Waals surface area contributed by atoms with E-state index in [1.807, 2.05) is 11.9 Å². The van der Waals surface area contributed by atoms with Crippen molar-refractivity contribution >= 4 is 5.91 Å². The van der Waals surface area contributed by atoms with Crippen molar-refractivity contribution in [2.45, 2.75) is 45.4 Å². The Morgan fingerprint density at radius 1 is 1.00 bits per heavy atom. The molecule has 1 amide bonds. The summed E-state index contributed by atoms with van der Waals surface area (Å²) in [6, 6.07) is 0. The van der Waals surface area contributed by atoms with Gasteiger partial charge in [0.1, 0.15) is 13.1 Å². The van der Waals surface area contributed by atoms with Crippen LogP contribution in [0.2, 0.25) is 0 Å². The minimum Gasteiger partial charge on any atom is -0.391 e. The normalized spacial score (nSPS) is 11.7. The molecule has 0 unspecified atom stereocenters. The van der Waals surface area contributed by atoms with Crippen LogP contribution in [-0.2, 0) is 4.79 Å². The highest BCUT2D eigenvalue weighted by molar-refractivity contribution is 5.77. The van der Waals surface area contributed by atoms with Gasteiger partial charge in [-0.2, -0.15) is 0 Å². The molecule has 5 nitrogen and oxygen atoms in total. The number of aliphatic hydroxyl groups is 2. The van der Waals surface area contributed by atoms with Crippen LogP contribution in [-0.4, -0.2) is 85.2 Å². The Bertz CT molecular complexity index is 298. The molecule has 0 saturated carbocycles. The number of quaternary nitrogens is 1. The summed E-state index contributed by atoms with van der Waals surface area (Å²) in [5.74, 6) is 0.0772. The largest absolute Gasteiger partial charge is 0.391 e. The summed E-state index contributed by atoms with van der Waals surface area (Å²) in [7, 11) is 1.89. The third-order valence-electron chi connectivity index (χ3n) is 4.24. The number of unbranched alkanes of at least 4 members (excludes halogenated alkanes) is 4. The molecule has 0 radical (unpaired) electrons. The molecular weight excluding hydrogens is 299 g/mol. The van der Waals surface area contributed by atoms with E-state index >= 15 is 0 Å². The highest BCUT2D eigenvalue weighted by atomic mass is 19.1. The number of rotatable bonds is 15. The maximum atomic E-state index is 12.6. The van der Waals surface area contributed by atoms with Gasteiger partial charge in [-0.25, -0.2) is 0 Å². The number of likely N-dealkylation sites (N-methyl/N-ethyl adjacent to an activating group) is 1. The highest BCUT2D eigenvalue weighted by Gasteiger charge is 2.27. The topological polar surface area (TPSA) is 60.8 Å². The summed E-state index contributed by atoms with van der Waals surface area (Å²) in [5, 5.41) is 18.4. The van der Waals surface area contributed by atoms with Crippen LogP contribution in [0.1, 0.15) is 45.4 Å². The zero-order valence-electron chi connectivity index (χ0n) is 15.0. The van der Waals surface area contributed by atoms with Crippen molar-refractivity contribution in [3.05, 3.63) is 0 Å². The Morgan fingerprint density at radius 3 is 2.09 bits per heavy atom. The number of carbonyl (C=O) groups is 1. The number of alkyl halides is 1. The average molecular weight is 335 g/mol. The maximum absolute atomic E-state index is 12.6. The van der Waals surface area contributed by atoms with Crippen molar-refractivity contribution < 1.29 is 23.9 Å². The molecule has 0 aromatic rings. The second kappa shape index (κ2) is 13.7. The van der Waals surface area contributed by atoms with E-state index in [9.17, 15) is 19.4 Å². The van der Waals surface area contributed by atoms with E-state index in [1.165, 1.54) is 0 Å². The standard InChI is InChI=1S/C17H36FN2O3/c1-3-4-10-19(11-8-6-5-7-9-18)17(23)16-20(2,12-14-21)13-15-22/h21-22H,3-16H2,1-2H3/q+1. The van der Waals surface area contributed by atoms with Gasteiger partial charge < -0.3 is 19.6 Å². The second-order valence-corrected chi connectivity index (χ2v) is 6.51. The van der Waals surface area contributed by atoms with Crippen molar-refractivity contribution in [1.29, 1.82) is 0 Å². The highest BCUT2D eigenvalue weighted by Crippen LogP contribution is 2.08. The van der Waals surface area contributed by atoms with E-state index in [4.69, 9.17) is 0 Å². The minimum atomic E-state index is -0.267. The van der Waals surface area contributed by atoms with Crippen LogP contribution in [0, 0.1) is 0 Å². The molecule has 0 aliphatic heterocycles. The SMILES string of the molecule is CCCCN(CCCCCCF)C(=O)C[N+](C)(CCO)CCO. The van der Waals surface area contributed by atoms with Crippen LogP contribution in [0.15, 0.2) is 0 Å². The van der Waals surface area contributed by atoms with Crippen molar-refractivity contribution in [2.75, 3.05) is 59.7 Å². The molecule has 23 heavy (non-hydrogen) atoms. The van der Waals surface area contributed by atoms with E-state index in [2.05, 4.69) is 6.92 Å². The number of aliphatic hydroxyl groups excluding tert-OH is 2. The van der Waals surface area contributed by atoms with E-state index in [1.54, 1.807) is 0 Å². The molecule has 0 spiro atoms. The first-order chi connectivity index (χ1) is 11.0. The van der Waals surface area contributed by atoms with E-state index < -0.39 is 0 Å². The van der Waals surface area contributed by atoms with Crippen molar-refractivity contribution in [3.8, 4) is 0 Å². The fraction of sp³-hybridized carbons (Fsp3) is 0.941. The monoisotopic (exact) mass is 335 g/mol. The third-order valence-corrected chi connectivity index (χ3v) is 4.24. The Hall–Kier alpha value is -0.720. The van der Waals surface area contributed by atoms with Gasteiger partial charge in [0, 0.05) is 13.1 Å². The summed E-state index contributed by atoms with van der Waals surface area (Å²) >= 11 is 0. The molecule has 6 heteroatoms. The molecule has 0 fully saturated rings. The lowest BCUT2D eigenvalue weighted by Crippen LogP contribution is -2.54. The molecule has 0 atom stereocenters. The van der Waals surface area contributed by atoms with Gasteiger partial charge in [-0.05, 0) is 19.3 Å². The molecule has 0 heterocycles. The predicted molar refractivity (Wildman–Crippen MR) is 90.9 cm³/mol. The number of nitrogens with zero attached hydrogens (tertiary/aromatic N) is 2. The van der Waals surface area contributed by atoms with Crippen LogP contribution in [0.3, 0.4) is 0 Å². The first kappa shape index (κ1) is 22.3. The van der Waals surface area contributed by atoms with E-state index in [0.29, 0.717) is 37.1 Å². The summed E-state index contributed by atoms with van der Waals surface area (Å²) in [4.78, 5) is 14.5. The Balaban J connectivity index is 4.51. The average Bonchev–Trinajstić information content (AvgIpc) is 2.50. The number of halogens is 1. The van der Waals surface area contributed by atoms with Crippen molar-refractivity contribution in [1.82, 2.24) is 4.90 Å². The van der Waals surface area contributed by atoms with Crippen LogP contribution in [0.25, 0.3) is 0 Å². The number of carbonyl (C=O) groups excluding carboxylic acids is 1. The molecule has 0 saturated heterocycles. The zero-order chi connectivity index (χ0) is 17.6.